The van der Waals surface area contributed by atoms with E-state index >= 15 is 0 Å². The Kier molecular flexibility index (Phi) is 8.57. The van der Waals surface area contributed by atoms with Gasteiger partial charge in [0.2, 0.25) is 0 Å². The van der Waals surface area contributed by atoms with Gasteiger partial charge in [-0.3, -0.25) is 0 Å². The highest BCUT2D eigenvalue weighted by Crippen LogP contribution is 2.05. The fourth-order valence-corrected chi connectivity index (χ4v) is 1.73. The molecule has 0 aromatic rings. The third-order valence-electron chi connectivity index (χ3n) is 1.63. The van der Waals surface area contributed by atoms with Crippen molar-refractivity contribution in [1.82, 2.24) is 5.32 Å². The molecule has 68 valence electrons. The van der Waals surface area contributed by atoms with Crippen molar-refractivity contribution in [2.24, 2.45) is 0 Å². The van der Waals surface area contributed by atoms with Crippen LogP contribution in [0.2, 0.25) is 0 Å². The molecular formula is C8H19NOS. The monoisotopic (exact) mass is 177 g/mol. The number of rotatable bonds is 7. The summed E-state index contributed by atoms with van der Waals surface area (Å²) in [5.74, 6) is 2.29. The smallest absolute Gasteiger partial charge is 0.0438 e. The standard InChI is InChI=1S/C8H19NOS/c1-8(9-2)4-7-11-6-3-5-10/h8-10H,3-7H2,1-2H3. The largest absolute Gasteiger partial charge is 0.396 e. The third kappa shape index (κ3) is 8.17. The van der Waals surface area contributed by atoms with Crippen LogP contribution in [0.4, 0.5) is 0 Å². The van der Waals surface area contributed by atoms with Crippen molar-refractivity contribution in [2.45, 2.75) is 25.8 Å². The SMILES string of the molecule is CNC(C)CCSCCCO. The number of nitrogens with one attached hydrogen (secondary N) is 1. The molecule has 1 atom stereocenters. The molecule has 2 N–H and O–H groups in total. The molecule has 0 spiro atoms. The molecule has 11 heavy (non-hydrogen) atoms. The minimum atomic E-state index is 0.328. The van der Waals surface area contributed by atoms with E-state index < -0.39 is 0 Å². The Bertz CT molecular complexity index is 80.5. The van der Waals surface area contributed by atoms with Gasteiger partial charge in [-0.1, -0.05) is 0 Å². The van der Waals surface area contributed by atoms with Crippen LogP contribution < -0.4 is 5.32 Å². The zero-order valence-electron chi connectivity index (χ0n) is 7.47. The van der Waals surface area contributed by atoms with Gasteiger partial charge in [-0.15, -0.1) is 0 Å². The van der Waals surface area contributed by atoms with Gasteiger partial charge >= 0.3 is 0 Å². The van der Waals surface area contributed by atoms with Gasteiger partial charge in [0.1, 0.15) is 0 Å². The molecule has 0 aromatic carbocycles. The lowest BCUT2D eigenvalue weighted by atomic mass is 10.3. The molecule has 0 fully saturated rings. The van der Waals surface area contributed by atoms with Gasteiger partial charge in [0, 0.05) is 12.6 Å². The summed E-state index contributed by atoms with van der Waals surface area (Å²) in [6.45, 7) is 2.52. The Morgan fingerprint density at radius 1 is 1.45 bits per heavy atom. The Labute approximate surface area is 73.8 Å². The van der Waals surface area contributed by atoms with Crippen LogP contribution in [0, 0.1) is 0 Å². The van der Waals surface area contributed by atoms with Crippen LogP contribution in [0.3, 0.4) is 0 Å². The fourth-order valence-electron chi connectivity index (χ4n) is 0.673. The molecule has 0 saturated heterocycles. The maximum Gasteiger partial charge on any atom is 0.0438 e. The lowest BCUT2D eigenvalue weighted by Gasteiger charge is -2.08. The molecule has 0 aliphatic heterocycles. The first kappa shape index (κ1) is 11.3. The van der Waals surface area contributed by atoms with Crippen molar-refractivity contribution in [3.63, 3.8) is 0 Å². The Morgan fingerprint density at radius 2 is 2.18 bits per heavy atom. The zero-order chi connectivity index (χ0) is 8.53. The van der Waals surface area contributed by atoms with Gasteiger partial charge < -0.3 is 10.4 Å². The van der Waals surface area contributed by atoms with Gasteiger partial charge in [-0.2, -0.15) is 11.8 Å². The number of thioether (sulfide) groups is 1. The predicted molar refractivity (Wildman–Crippen MR) is 52.2 cm³/mol. The quantitative estimate of drug-likeness (QED) is 0.571. The molecular weight excluding hydrogens is 158 g/mol. The first-order valence-electron chi connectivity index (χ1n) is 4.17. The second kappa shape index (κ2) is 8.37. The lowest BCUT2D eigenvalue weighted by molar-refractivity contribution is 0.296. The molecule has 0 saturated carbocycles. The summed E-state index contributed by atoms with van der Waals surface area (Å²) in [4.78, 5) is 0. The summed E-state index contributed by atoms with van der Waals surface area (Å²) < 4.78 is 0. The maximum absolute atomic E-state index is 8.50. The van der Waals surface area contributed by atoms with Gasteiger partial charge in [0.05, 0.1) is 0 Å². The van der Waals surface area contributed by atoms with E-state index in [9.17, 15) is 0 Å². The Hall–Kier alpha value is 0.270. The van der Waals surface area contributed by atoms with E-state index in [1.165, 1.54) is 12.2 Å². The average Bonchev–Trinajstić information content (AvgIpc) is 2.04. The summed E-state index contributed by atoms with van der Waals surface area (Å²) in [7, 11) is 1.99. The molecule has 0 bridgehead atoms. The second-order valence-electron chi connectivity index (χ2n) is 2.67. The molecule has 0 aliphatic carbocycles. The van der Waals surface area contributed by atoms with Crippen molar-refractivity contribution in [3.05, 3.63) is 0 Å². The first-order valence-corrected chi connectivity index (χ1v) is 5.32. The summed E-state index contributed by atoms with van der Waals surface area (Å²) in [5, 5.41) is 11.7. The number of aliphatic hydroxyl groups is 1. The van der Waals surface area contributed by atoms with Crippen LogP contribution >= 0.6 is 11.8 Å². The molecule has 0 amide bonds. The van der Waals surface area contributed by atoms with E-state index in [0.29, 0.717) is 12.6 Å². The number of hydrogen-bond acceptors (Lipinski definition) is 3. The molecule has 0 heterocycles. The molecule has 0 rings (SSSR count). The zero-order valence-corrected chi connectivity index (χ0v) is 8.28. The molecule has 0 radical (unpaired) electrons. The first-order chi connectivity index (χ1) is 5.31. The highest BCUT2D eigenvalue weighted by molar-refractivity contribution is 7.99. The van der Waals surface area contributed by atoms with E-state index in [1.54, 1.807) is 0 Å². The summed E-state index contributed by atoms with van der Waals surface area (Å²) in [6, 6.07) is 0.622. The van der Waals surface area contributed by atoms with Gasteiger partial charge in [-0.05, 0) is 38.3 Å². The Balaban J connectivity index is 2.89. The van der Waals surface area contributed by atoms with Gasteiger partial charge in [0.25, 0.3) is 0 Å². The second-order valence-corrected chi connectivity index (χ2v) is 3.89. The van der Waals surface area contributed by atoms with Gasteiger partial charge in [0.15, 0.2) is 0 Å². The number of hydrogen-bond donors (Lipinski definition) is 2. The summed E-state index contributed by atoms with van der Waals surface area (Å²) >= 11 is 1.92. The molecule has 3 heteroatoms. The minimum Gasteiger partial charge on any atom is -0.396 e. The normalized spacial score (nSPS) is 13.4. The summed E-state index contributed by atoms with van der Waals surface area (Å²) in [5.41, 5.74) is 0. The van der Waals surface area contributed by atoms with E-state index in [-0.39, 0.29) is 0 Å². The maximum atomic E-state index is 8.50. The Morgan fingerprint density at radius 3 is 2.73 bits per heavy atom. The van der Waals surface area contributed by atoms with Crippen LogP contribution in [-0.4, -0.2) is 36.3 Å². The van der Waals surface area contributed by atoms with E-state index in [0.717, 1.165) is 12.2 Å². The molecule has 2 nitrogen and oxygen atoms in total. The molecule has 1 unspecified atom stereocenters. The summed E-state index contributed by atoms with van der Waals surface area (Å²) in [6.07, 6.45) is 2.14. The lowest BCUT2D eigenvalue weighted by Crippen LogP contribution is -2.21. The van der Waals surface area contributed by atoms with Crippen LogP contribution in [-0.2, 0) is 0 Å². The average molecular weight is 177 g/mol. The number of aliphatic hydroxyl groups excluding tert-OH is 1. The fraction of sp³-hybridized carbons (Fsp3) is 1.00. The van der Waals surface area contributed by atoms with E-state index in [4.69, 9.17) is 5.11 Å². The van der Waals surface area contributed by atoms with Crippen LogP contribution in [0.5, 0.6) is 0 Å². The minimum absolute atomic E-state index is 0.328. The predicted octanol–water partition coefficient (Wildman–Crippen LogP) is 1.10. The van der Waals surface area contributed by atoms with Crippen molar-refractivity contribution < 1.29 is 5.11 Å². The molecule has 0 aliphatic rings. The van der Waals surface area contributed by atoms with Crippen LogP contribution in [0.15, 0.2) is 0 Å². The van der Waals surface area contributed by atoms with Crippen LogP contribution in [0.25, 0.3) is 0 Å². The van der Waals surface area contributed by atoms with Crippen molar-refractivity contribution >= 4 is 11.8 Å². The highest BCUT2D eigenvalue weighted by atomic mass is 32.2. The van der Waals surface area contributed by atoms with E-state index in [2.05, 4.69) is 12.2 Å². The van der Waals surface area contributed by atoms with Crippen molar-refractivity contribution in [1.29, 1.82) is 0 Å². The van der Waals surface area contributed by atoms with Crippen molar-refractivity contribution in [3.8, 4) is 0 Å². The van der Waals surface area contributed by atoms with Crippen molar-refractivity contribution in [2.75, 3.05) is 25.2 Å². The topological polar surface area (TPSA) is 32.3 Å². The van der Waals surface area contributed by atoms with Gasteiger partial charge in [-0.25, -0.2) is 0 Å². The van der Waals surface area contributed by atoms with Crippen LogP contribution in [0.1, 0.15) is 19.8 Å². The molecule has 0 aromatic heterocycles. The third-order valence-corrected chi connectivity index (χ3v) is 2.74. The highest BCUT2D eigenvalue weighted by Gasteiger charge is 1.96. The van der Waals surface area contributed by atoms with E-state index in [1.807, 2.05) is 18.8 Å².